The molecule has 3 heterocycles. The topological polar surface area (TPSA) is 40.9 Å². The van der Waals surface area contributed by atoms with E-state index in [0.29, 0.717) is 0 Å². The Kier molecular flexibility index (Phi) is 5.76. The maximum Gasteiger partial charge on any atom is 0.265 e. The number of aromatic nitrogens is 2. The third-order valence-corrected chi connectivity index (χ3v) is 7.25. The Morgan fingerprint density at radius 2 is 1.75 bits per heavy atom. The average Bonchev–Trinajstić information content (AvgIpc) is 3.38. The number of nitrogens with zero attached hydrogens (tertiary/aromatic N) is 4. The highest BCUT2D eigenvalue weighted by Gasteiger charge is 2.26. The van der Waals surface area contributed by atoms with E-state index in [9.17, 15) is 9.18 Å². The summed E-state index contributed by atoms with van der Waals surface area (Å²) in [5, 5.41) is 0. The van der Waals surface area contributed by atoms with Crippen LogP contribution in [0.5, 0.6) is 0 Å². The molecule has 1 saturated heterocycles. The molecule has 1 aliphatic heterocycles. The van der Waals surface area contributed by atoms with Crippen molar-refractivity contribution in [1.29, 1.82) is 0 Å². The highest BCUT2D eigenvalue weighted by Crippen LogP contribution is 2.28. The van der Waals surface area contributed by atoms with Gasteiger partial charge in [-0.05, 0) is 43.2 Å². The molecule has 0 saturated carbocycles. The first-order valence-electron chi connectivity index (χ1n) is 10.9. The molecule has 1 amide bonds. The molecule has 0 N–H and O–H groups in total. The molecule has 1 aliphatic rings. The summed E-state index contributed by atoms with van der Waals surface area (Å²) in [7, 11) is 0. The summed E-state index contributed by atoms with van der Waals surface area (Å²) in [5.41, 5.74) is 3.90. The zero-order valence-electron chi connectivity index (χ0n) is 18.0. The van der Waals surface area contributed by atoms with Crippen molar-refractivity contribution in [2.45, 2.75) is 13.3 Å². The molecule has 2 aromatic carbocycles. The molecule has 2 aromatic heterocycles. The summed E-state index contributed by atoms with van der Waals surface area (Å²) in [4.78, 5) is 23.8. The Morgan fingerprint density at radius 1 is 1.03 bits per heavy atom. The molecule has 32 heavy (non-hydrogen) atoms. The van der Waals surface area contributed by atoms with E-state index in [-0.39, 0.29) is 11.7 Å². The van der Waals surface area contributed by atoms with Crippen molar-refractivity contribution >= 4 is 22.2 Å². The quantitative estimate of drug-likeness (QED) is 0.451. The van der Waals surface area contributed by atoms with E-state index in [1.54, 1.807) is 12.1 Å². The normalized spacial score (nSPS) is 14.9. The van der Waals surface area contributed by atoms with Gasteiger partial charge in [-0.1, -0.05) is 41.7 Å². The van der Waals surface area contributed by atoms with Gasteiger partial charge in [0.15, 0.2) is 4.96 Å². The van der Waals surface area contributed by atoms with Gasteiger partial charge in [-0.25, -0.2) is 9.37 Å². The molecule has 0 aliphatic carbocycles. The molecule has 1 fully saturated rings. The number of hydrogen-bond acceptors (Lipinski definition) is 4. The Balaban J connectivity index is 1.23. The van der Waals surface area contributed by atoms with Gasteiger partial charge in [0.1, 0.15) is 10.7 Å². The van der Waals surface area contributed by atoms with Crippen LogP contribution in [0.15, 0.2) is 60.8 Å². The summed E-state index contributed by atoms with van der Waals surface area (Å²) in [6.45, 7) is 6.26. The predicted molar refractivity (Wildman–Crippen MR) is 126 cm³/mol. The maximum atomic E-state index is 13.2. The first-order chi connectivity index (χ1) is 15.6. The lowest BCUT2D eigenvalue weighted by Gasteiger charge is -2.34. The molecule has 4 aromatic rings. The number of fused-ring (bicyclic) bond motifs is 1. The monoisotopic (exact) mass is 448 g/mol. The van der Waals surface area contributed by atoms with Gasteiger partial charge in [-0.2, -0.15) is 0 Å². The van der Waals surface area contributed by atoms with Gasteiger partial charge in [0.2, 0.25) is 0 Å². The van der Waals surface area contributed by atoms with Crippen LogP contribution in [0.4, 0.5) is 4.39 Å². The highest BCUT2D eigenvalue weighted by molar-refractivity contribution is 7.19. The molecule has 0 bridgehead atoms. The van der Waals surface area contributed by atoms with Crippen LogP contribution in [0, 0.1) is 12.7 Å². The minimum Gasteiger partial charge on any atom is -0.335 e. The Labute approximate surface area is 190 Å². The number of rotatable bonds is 5. The summed E-state index contributed by atoms with van der Waals surface area (Å²) >= 11 is 1.43. The number of aryl methyl sites for hydroxylation is 1. The van der Waals surface area contributed by atoms with Crippen molar-refractivity contribution in [1.82, 2.24) is 19.2 Å². The number of hydrogen-bond donors (Lipinski definition) is 0. The lowest BCUT2D eigenvalue weighted by atomic mass is 10.1. The molecule has 0 radical (unpaired) electrons. The van der Waals surface area contributed by atoms with Crippen LogP contribution in [0.3, 0.4) is 0 Å². The van der Waals surface area contributed by atoms with Crippen molar-refractivity contribution in [3.05, 3.63) is 82.7 Å². The second-order valence-electron chi connectivity index (χ2n) is 8.17. The Morgan fingerprint density at radius 3 is 2.44 bits per heavy atom. The fraction of sp³-hybridized carbons (Fsp3) is 0.280. The van der Waals surface area contributed by atoms with Crippen LogP contribution in [0.2, 0.25) is 0 Å². The Hall–Kier alpha value is -3.03. The van der Waals surface area contributed by atoms with Crippen LogP contribution < -0.4 is 0 Å². The summed E-state index contributed by atoms with van der Waals surface area (Å²) in [6.07, 6.45) is 2.96. The molecular weight excluding hydrogens is 423 g/mol. The number of benzene rings is 2. The minimum absolute atomic E-state index is 0.0871. The zero-order chi connectivity index (χ0) is 22.1. The van der Waals surface area contributed by atoms with E-state index >= 15 is 0 Å². The van der Waals surface area contributed by atoms with Gasteiger partial charge >= 0.3 is 0 Å². The predicted octanol–water partition coefficient (Wildman–Crippen LogP) is 4.51. The maximum absolute atomic E-state index is 13.2. The van der Waals surface area contributed by atoms with Gasteiger partial charge < -0.3 is 4.90 Å². The van der Waals surface area contributed by atoms with E-state index in [1.165, 1.54) is 29.0 Å². The summed E-state index contributed by atoms with van der Waals surface area (Å²) in [6, 6.07) is 16.8. The van der Waals surface area contributed by atoms with Gasteiger partial charge in [0.25, 0.3) is 5.91 Å². The van der Waals surface area contributed by atoms with Crippen molar-refractivity contribution < 1.29 is 9.18 Å². The van der Waals surface area contributed by atoms with Crippen molar-refractivity contribution in [3.8, 4) is 11.3 Å². The number of imidazole rings is 1. The standard InChI is InChI=1S/C25H25FN4OS/c1-18-23(32-25-27-22(17-30(18)25)20-7-9-21(26)10-8-20)24(31)29-15-13-28(14-16-29)12-11-19-5-3-2-4-6-19/h2-10,17H,11-16H2,1H3. The fourth-order valence-electron chi connectivity index (χ4n) is 4.16. The third kappa shape index (κ3) is 4.18. The number of carbonyl (C=O) groups is 1. The number of piperazine rings is 1. The molecular formula is C25H25FN4OS. The van der Waals surface area contributed by atoms with Crippen LogP contribution in [-0.4, -0.2) is 57.8 Å². The number of thiazole rings is 1. The van der Waals surface area contributed by atoms with Gasteiger partial charge in [0, 0.05) is 50.2 Å². The molecule has 0 spiro atoms. The van der Waals surface area contributed by atoms with E-state index in [4.69, 9.17) is 0 Å². The third-order valence-electron chi connectivity index (χ3n) is 6.11. The van der Waals surface area contributed by atoms with Crippen LogP contribution in [0.25, 0.3) is 16.2 Å². The second-order valence-corrected chi connectivity index (χ2v) is 9.15. The van der Waals surface area contributed by atoms with Crippen molar-refractivity contribution in [3.63, 3.8) is 0 Å². The van der Waals surface area contributed by atoms with E-state index in [2.05, 4.69) is 34.1 Å². The van der Waals surface area contributed by atoms with Crippen LogP contribution >= 0.6 is 11.3 Å². The molecule has 5 rings (SSSR count). The van der Waals surface area contributed by atoms with Crippen molar-refractivity contribution in [2.24, 2.45) is 0 Å². The molecule has 164 valence electrons. The molecule has 0 unspecified atom stereocenters. The number of halogens is 1. The molecule has 7 heteroatoms. The minimum atomic E-state index is -0.265. The second kappa shape index (κ2) is 8.84. The first kappa shape index (κ1) is 20.8. The first-order valence-corrected chi connectivity index (χ1v) is 11.7. The average molecular weight is 449 g/mol. The lowest BCUT2D eigenvalue weighted by Crippen LogP contribution is -2.49. The molecule has 5 nitrogen and oxygen atoms in total. The zero-order valence-corrected chi connectivity index (χ0v) is 18.8. The van der Waals surface area contributed by atoms with Crippen LogP contribution in [0.1, 0.15) is 20.9 Å². The van der Waals surface area contributed by atoms with Gasteiger partial charge in [-0.15, -0.1) is 0 Å². The van der Waals surface area contributed by atoms with E-state index < -0.39 is 0 Å². The SMILES string of the molecule is Cc1c(C(=O)N2CCN(CCc3ccccc3)CC2)sc2nc(-c3ccc(F)cc3)cn12. The largest absolute Gasteiger partial charge is 0.335 e. The number of carbonyl (C=O) groups excluding carboxylic acids is 1. The van der Waals surface area contributed by atoms with Crippen LogP contribution in [-0.2, 0) is 6.42 Å². The highest BCUT2D eigenvalue weighted by atomic mass is 32.1. The van der Waals surface area contributed by atoms with Gasteiger partial charge in [-0.3, -0.25) is 14.1 Å². The van der Waals surface area contributed by atoms with E-state index in [0.717, 1.165) is 65.9 Å². The molecule has 0 atom stereocenters. The summed E-state index contributed by atoms with van der Waals surface area (Å²) in [5.74, 6) is -0.178. The smallest absolute Gasteiger partial charge is 0.265 e. The number of amides is 1. The van der Waals surface area contributed by atoms with E-state index in [1.807, 2.05) is 28.5 Å². The lowest BCUT2D eigenvalue weighted by molar-refractivity contribution is 0.0642. The van der Waals surface area contributed by atoms with Crippen molar-refractivity contribution in [2.75, 3.05) is 32.7 Å². The Bertz CT molecular complexity index is 1220. The fourth-order valence-corrected chi connectivity index (χ4v) is 5.24. The van der Waals surface area contributed by atoms with Gasteiger partial charge in [0.05, 0.1) is 5.69 Å². The summed E-state index contributed by atoms with van der Waals surface area (Å²) < 4.78 is 15.2.